The third kappa shape index (κ3) is 2.87. The summed E-state index contributed by atoms with van der Waals surface area (Å²) in [6.07, 6.45) is -10.3. The number of halogens is 7. The van der Waals surface area contributed by atoms with Gasteiger partial charge >= 0.3 is 18.3 Å². The lowest BCUT2D eigenvalue weighted by Gasteiger charge is -2.14. The summed E-state index contributed by atoms with van der Waals surface area (Å²) in [7, 11) is 0. The van der Waals surface area contributed by atoms with Crippen LogP contribution in [0, 0.1) is 0 Å². The highest BCUT2D eigenvalue weighted by molar-refractivity contribution is 6.34. The molecule has 0 aliphatic heterocycles. The molecule has 1 N–H and O–H groups in total. The summed E-state index contributed by atoms with van der Waals surface area (Å²) >= 11 is 5.14. The second kappa shape index (κ2) is 4.34. The Labute approximate surface area is 101 Å². The van der Waals surface area contributed by atoms with E-state index >= 15 is 0 Å². The summed E-state index contributed by atoms with van der Waals surface area (Å²) in [5.74, 6) is -1.98. The second-order valence-corrected chi connectivity index (χ2v) is 3.56. The van der Waals surface area contributed by atoms with Gasteiger partial charge in [0.05, 0.1) is 21.7 Å². The van der Waals surface area contributed by atoms with Crippen molar-refractivity contribution in [2.45, 2.75) is 12.4 Å². The van der Waals surface area contributed by atoms with E-state index in [0.29, 0.717) is 0 Å². The van der Waals surface area contributed by atoms with Gasteiger partial charge in [0.1, 0.15) is 0 Å². The Balaban J connectivity index is 3.63. The van der Waals surface area contributed by atoms with Crippen molar-refractivity contribution < 1.29 is 36.2 Å². The molecule has 1 aromatic carbocycles. The molecule has 0 aliphatic carbocycles. The van der Waals surface area contributed by atoms with Crippen LogP contribution in [0.4, 0.5) is 26.3 Å². The third-order valence-corrected chi connectivity index (χ3v) is 2.34. The van der Waals surface area contributed by atoms with Crippen LogP contribution in [0.5, 0.6) is 0 Å². The molecule has 0 fully saturated rings. The van der Waals surface area contributed by atoms with Crippen molar-refractivity contribution >= 4 is 17.6 Å². The molecule has 9 heteroatoms. The predicted molar refractivity (Wildman–Crippen MR) is 48.4 cm³/mol. The SMILES string of the molecule is O=C(O)c1cc(C(F)(F)F)cc(C(F)(F)F)c1Cl. The van der Waals surface area contributed by atoms with Gasteiger partial charge in [-0.05, 0) is 12.1 Å². The topological polar surface area (TPSA) is 37.3 Å². The van der Waals surface area contributed by atoms with Crippen LogP contribution in [0.1, 0.15) is 21.5 Å². The summed E-state index contributed by atoms with van der Waals surface area (Å²) < 4.78 is 74.2. The van der Waals surface area contributed by atoms with E-state index < -0.39 is 40.0 Å². The number of rotatable bonds is 1. The van der Waals surface area contributed by atoms with E-state index in [9.17, 15) is 31.1 Å². The van der Waals surface area contributed by atoms with Crippen LogP contribution in [-0.2, 0) is 12.4 Å². The molecular weight excluding hydrogens is 290 g/mol. The minimum Gasteiger partial charge on any atom is -0.478 e. The minimum atomic E-state index is -5.18. The van der Waals surface area contributed by atoms with Crippen molar-refractivity contribution in [1.82, 2.24) is 0 Å². The molecule has 0 saturated heterocycles. The molecule has 0 amide bonds. The highest BCUT2D eigenvalue weighted by atomic mass is 35.5. The Hall–Kier alpha value is -1.44. The number of carbonyl (C=O) groups is 1. The summed E-state index contributed by atoms with van der Waals surface area (Å²) in [5.41, 5.74) is -4.81. The first-order valence-corrected chi connectivity index (χ1v) is 4.53. The number of aromatic carboxylic acids is 1. The highest BCUT2D eigenvalue weighted by Crippen LogP contribution is 2.40. The number of alkyl halides is 6. The van der Waals surface area contributed by atoms with E-state index in [1.54, 1.807) is 0 Å². The van der Waals surface area contributed by atoms with Gasteiger partial charge in [-0.2, -0.15) is 26.3 Å². The predicted octanol–water partition coefficient (Wildman–Crippen LogP) is 4.08. The van der Waals surface area contributed by atoms with Gasteiger partial charge in [-0.1, -0.05) is 11.6 Å². The zero-order valence-electron chi connectivity index (χ0n) is 8.16. The first kappa shape index (κ1) is 14.6. The molecule has 2 nitrogen and oxygen atoms in total. The van der Waals surface area contributed by atoms with Crippen LogP contribution in [-0.4, -0.2) is 11.1 Å². The van der Waals surface area contributed by atoms with Crippen LogP contribution < -0.4 is 0 Å². The molecule has 0 saturated carbocycles. The maximum Gasteiger partial charge on any atom is 0.417 e. The number of carboxylic acid groups (broad SMARTS) is 1. The Kier molecular flexibility index (Phi) is 3.53. The Morgan fingerprint density at radius 2 is 1.56 bits per heavy atom. The van der Waals surface area contributed by atoms with Crippen molar-refractivity contribution in [2.24, 2.45) is 0 Å². The number of carboxylic acids is 1. The van der Waals surface area contributed by atoms with E-state index in [2.05, 4.69) is 0 Å². The van der Waals surface area contributed by atoms with E-state index in [1.807, 2.05) is 0 Å². The van der Waals surface area contributed by atoms with Crippen molar-refractivity contribution in [3.63, 3.8) is 0 Å². The minimum absolute atomic E-state index is 0.0555. The molecule has 0 radical (unpaired) electrons. The lowest BCUT2D eigenvalue weighted by atomic mass is 10.0. The number of benzene rings is 1. The average Bonchev–Trinajstić information content (AvgIpc) is 2.13. The smallest absolute Gasteiger partial charge is 0.417 e. The van der Waals surface area contributed by atoms with Crippen LogP contribution in [0.25, 0.3) is 0 Å². The Morgan fingerprint density at radius 1 is 1.06 bits per heavy atom. The molecule has 0 atom stereocenters. The molecule has 0 bridgehead atoms. The van der Waals surface area contributed by atoms with Crippen LogP contribution >= 0.6 is 11.6 Å². The largest absolute Gasteiger partial charge is 0.478 e. The van der Waals surface area contributed by atoms with Crippen molar-refractivity contribution in [1.29, 1.82) is 0 Å². The molecule has 1 rings (SSSR count). The molecule has 100 valence electrons. The molecule has 0 aliphatic rings. The van der Waals surface area contributed by atoms with E-state index in [0.717, 1.165) is 0 Å². The van der Waals surface area contributed by atoms with Gasteiger partial charge in [-0.15, -0.1) is 0 Å². The van der Waals surface area contributed by atoms with Gasteiger partial charge in [0.25, 0.3) is 0 Å². The van der Waals surface area contributed by atoms with Gasteiger partial charge in [0.2, 0.25) is 0 Å². The normalized spacial score (nSPS) is 12.6. The van der Waals surface area contributed by atoms with Crippen LogP contribution in [0.2, 0.25) is 5.02 Å². The van der Waals surface area contributed by atoms with Crippen molar-refractivity contribution in [2.75, 3.05) is 0 Å². The summed E-state index contributed by atoms with van der Waals surface area (Å²) in [6, 6.07) is -0.172. The Morgan fingerprint density at radius 3 is 1.89 bits per heavy atom. The standard InChI is InChI=1S/C9H3ClF6O2/c10-6-4(7(17)18)1-3(8(11,12)13)2-5(6)9(14,15)16/h1-2H,(H,17,18). The number of hydrogen-bond acceptors (Lipinski definition) is 1. The van der Waals surface area contributed by atoms with Gasteiger partial charge in [-0.3, -0.25) is 0 Å². The summed E-state index contributed by atoms with van der Waals surface area (Å²) in [4.78, 5) is 10.6. The van der Waals surface area contributed by atoms with Gasteiger partial charge in [0.15, 0.2) is 0 Å². The summed E-state index contributed by atoms with van der Waals surface area (Å²) in [5, 5.41) is 7.25. The number of hydrogen-bond donors (Lipinski definition) is 1. The Bertz CT molecular complexity index is 491. The third-order valence-electron chi connectivity index (χ3n) is 1.94. The quantitative estimate of drug-likeness (QED) is 0.792. The zero-order valence-corrected chi connectivity index (χ0v) is 8.91. The first-order valence-electron chi connectivity index (χ1n) is 4.16. The molecule has 0 aromatic heterocycles. The van der Waals surface area contributed by atoms with Crippen molar-refractivity contribution in [3.05, 3.63) is 33.8 Å². The lowest BCUT2D eigenvalue weighted by Crippen LogP contribution is -2.14. The van der Waals surface area contributed by atoms with E-state index in [-0.39, 0.29) is 12.1 Å². The van der Waals surface area contributed by atoms with E-state index in [1.165, 1.54) is 0 Å². The first-order chi connectivity index (χ1) is 7.94. The molecule has 1 aromatic rings. The fourth-order valence-corrected chi connectivity index (χ4v) is 1.45. The lowest BCUT2D eigenvalue weighted by molar-refractivity contribution is -0.143. The average molecular weight is 293 g/mol. The molecule has 0 spiro atoms. The fourth-order valence-electron chi connectivity index (χ4n) is 1.15. The maximum atomic E-state index is 12.4. The molecule has 18 heavy (non-hydrogen) atoms. The van der Waals surface area contributed by atoms with E-state index in [4.69, 9.17) is 16.7 Å². The van der Waals surface area contributed by atoms with Gasteiger partial charge < -0.3 is 5.11 Å². The monoisotopic (exact) mass is 292 g/mol. The van der Waals surface area contributed by atoms with Crippen molar-refractivity contribution in [3.8, 4) is 0 Å². The fraction of sp³-hybridized carbons (Fsp3) is 0.222. The summed E-state index contributed by atoms with van der Waals surface area (Å²) in [6.45, 7) is 0. The van der Waals surface area contributed by atoms with Gasteiger partial charge in [0, 0.05) is 0 Å². The molecule has 0 unspecified atom stereocenters. The molecule has 0 heterocycles. The second-order valence-electron chi connectivity index (χ2n) is 3.19. The highest BCUT2D eigenvalue weighted by Gasteiger charge is 2.40. The zero-order chi connectivity index (χ0) is 14.3. The van der Waals surface area contributed by atoms with Gasteiger partial charge in [-0.25, -0.2) is 4.79 Å². The van der Waals surface area contributed by atoms with Crippen LogP contribution in [0.15, 0.2) is 12.1 Å². The molecular formula is C9H3ClF6O2. The van der Waals surface area contributed by atoms with Crippen LogP contribution in [0.3, 0.4) is 0 Å². The maximum absolute atomic E-state index is 12.4.